The van der Waals surface area contributed by atoms with Gasteiger partial charge in [-0.15, -0.1) is 0 Å². The molecule has 4 nitrogen and oxygen atoms in total. The molecule has 0 radical (unpaired) electrons. The molecule has 0 saturated carbocycles. The molecule has 0 aliphatic carbocycles. The highest BCUT2D eigenvalue weighted by molar-refractivity contribution is 9.10. The molecule has 15 heavy (non-hydrogen) atoms. The molecule has 2 heterocycles. The number of nitrogens with zero attached hydrogens (tertiary/aromatic N) is 1. The molecule has 2 unspecified atom stereocenters. The van der Waals surface area contributed by atoms with E-state index in [4.69, 9.17) is 10.2 Å². The van der Waals surface area contributed by atoms with Gasteiger partial charge in [0.1, 0.15) is 11.8 Å². The van der Waals surface area contributed by atoms with Crippen LogP contribution in [0.5, 0.6) is 0 Å². The predicted octanol–water partition coefficient (Wildman–Crippen LogP) is 1.66. The first kappa shape index (κ1) is 10.7. The number of hydrogen-bond acceptors (Lipinski definition) is 3. The number of likely N-dealkylation sites (tertiary alicyclic amines) is 1. The smallest absolute Gasteiger partial charge is 0.223 e. The van der Waals surface area contributed by atoms with Gasteiger partial charge in [0.25, 0.3) is 0 Å². The van der Waals surface area contributed by atoms with Crippen LogP contribution in [0.1, 0.15) is 24.6 Å². The minimum atomic E-state index is -0.157. The summed E-state index contributed by atoms with van der Waals surface area (Å²) in [7, 11) is 1.76. The Hall–Kier alpha value is -0.810. The Kier molecular flexibility index (Phi) is 2.84. The van der Waals surface area contributed by atoms with E-state index in [0.717, 1.165) is 10.2 Å². The van der Waals surface area contributed by atoms with Gasteiger partial charge in [-0.05, 0) is 28.4 Å². The normalized spacial score (nSPS) is 27.1. The Labute approximate surface area is 96.5 Å². The van der Waals surface area contributed by atoms with Crippen molar-refractivity contribution >= 4 is 21.8 Å². The second-order valence-corrected chi connectivity index (χ2v) is 4.64. The number of nitrogens with two attached hydrogens (primary N) is 1. The van der Waals surface area contributed by atoms with E-state index >= 15 is 0 Å². The summed E-state index contributed by atoms with van der Waals surface area (Å²) in [6.07, 6.45) is 2.83. The first-order chi connectivity index (χ1) is 7.11. The lowest BCUT2D eigenvalue weighted by Crippen LogP contribution is -2.46. The van der Waals surface area contributed by atoms with Gasteiger partial charge in [-0.3, -0.25) is 4.79 Å². The summed E-state index contributed by atoms with van der Waals surface area (Å²) in [5.74, 6) is 0.850. The van der Waals surface area contributed by atoms with Gasteiger partial charge in [-0.25, -0.2) is 0 Å². The standard InChI is InChI=1S/C10H13BrN2O2/c1-13-8(14)3-2-7(12)9(13)10-6(11)4-5-15-10/h4-5,7,9H,2-3,12H2,1H3. The van der Waals surface area contributed by atoms with Crippen LogP contribution < -0.4 is 5.73 Å². The van der Waals surface area contributed by atoms with Crippen molar-refractivity contribution in [3.05, 3.63) is 22.6 Å². The number of piperidine rings is 1. The fourth-order valence-corrected chi connectivity index (χ4v) is 2.39. The van der Waals surface area contributed by atoms with Crippen LogP contribution in [0.3, 0.4) is 0 Å². The summed E-state index contributed by atoms with van der Waals surface area (Å²) >= 11 is 3.39. The second kappa shape index (κ2) is 3.98. The van der Waals surface area contributed by atoms with Crippen molar-refractivity contribution in [2.45, 2.75) is 24.9 Å². The molecule has 5 heteroatoms. The van der Waals surface area contributed by atoms with Crippen molar-refractivity contribution in [1.82, 2.24) is 4.90 Å². The maximum atomic E-state index is 11.6. The van der Waals surface area contributed by atoms with Gasteiger partial charge in [-0.1, -0.05) is 0 Å². The van der Waals surface area contributed by atoms with E-state index in [1.54, 1.807) is 18.2 Å². The SMILES string of the molecule is CN1C(=O)CCC(N)C1c1occc1Br. The van der Waals surface area contributed by atoms with E-state index in [-0.39, 0.29) is 18.0 Å². The summed E-state index contributed by atoms with van der Waals surface area (Å²) in [5, 5.41) is 0. The van der Waals surface area contributed by atoms with Crippen LogP contribution in [0, 0.1) is 0 Å². The number of amides is 1. The zero-order valence-corrected chi connectivity index (χ0v) is 10.0. The lowest BCUT2D eigenvalue weighted by molar-refractivity contribution is -0.136. The summed E-state index contributed by atoms with van der Waals surface area (Å²) in [6, 6.07) is 1.60. The molecule has 1 fully saturated rings. The third-order valence-electron chi connectivity index (χ3n) is 2.82. The van der Waals surface area contributed by atoms with Crippen LogP contribution in [0.4, 0.5) is 0 Å². The zero-order chi connectivity index (χ0) is 11.0. The molecule has 2 N–H and O–H groups in total. The van der Waals surface area contributed by atoms with Crippen molar-refractivity contribution in [1.29, 1.82) is 0 Å². The summed E-state index contributed by atoms with van der Waals surface area (Å²) < 4.78 is 6.24. The molecule has 0 spiro atoms. The largest absolute Gasteiger partial charge is 0.466 e. The second-order valence-electron chi connectivity index (χ2n) is 3.78. The van der Waals surface area contributed by atoms with Crippen molar-refractivity contribution in [3.63, 3.8) is 0 Å². The first-order valence-electron chi connectivity index (χ1n) is 4.85. The molecule has 0 aromatic carbocycles. The molecule has 82 valence electrons. The van der Waals surface area contributed by atoms with Gasteiger partial charge < -0.3 is 15.1 Å². The van der Waals surface area contributed by atoms with Gasteiger partial charge in [0.2, 0.25) is 5.91 Å². The summed E-state index contributed by atoms with van der Waals surface area (Å²) in [5.41, 5.74) is 6.02. The molecular weight excluding hydrogens is 260 g/mol. The molecule has 1 aliphatic rings. The Balaban J connectivity index is 2.33. The third-order valence-corrected chi connectivity index (χ3v) is 3.48. The maximum absolute atomic E-state index is 11.6. The fourth-order valence-electron chi connectivity index (χ4n) is 1.95. The number of likely N-dealkylation sites (N-methyl/N-ethyl adjacent to an activating group) is 1. The van der Waals surface area contributed by atoms with Crippen LogP contribution in [-0.4, -0.2) is 23.9 Å². The number of carbonyl (C=O) groups is 1. The third kappa shape index (κ3) is 1.81. The Morgan fingerprint density at radius 2 is 2.40 bits per heavy atom. The fraction of sp³-hybridized carbons (Fsp3) is 0.500. The van der Waals surface area contributed by atoms with Crippen molar-refractivity contribution in [3.8, 4) is 0 Å². The number of carbonyl (C=O) groups excluding carboxylic acids is 1. The van der Waals surface area contributed by atoms with Crippen LogP contribution in [-0.2, 0) is 4.79 Å². The van der Waals surface area contributed by atoms with Crippen LogP contribution in [0.15, 0.2) is 21.2 Å². The number of halogens is 1. The van der Waals surface area contributed by atoms with E-state index in [0.29, 0.717) is 12.8 Å². The van der Waals surface area contributed by atoms with Gasteiger partial charge >= 0.3 is 0 Å². The van der Waals surface area contributed by atoms with Crippen molar-refractivity contribution in [2.75, 3.05) is 7.05 Å². The molecule has 1 aliphatic heterocycles. The van der Waals surface area contributed by atoms with Gasteiger partial charge in [0.05, 0.1) is 10.7 Å². The van der Waals surface area contributed by atoms with E-state index in [2.05, 4.69) is 15.9 Å². The molecular formula is C10H13BrN2O2. The highest BCUT2D eigenvalue weighted by Crippen LogP contribution is 2.34. The average molecular weight is 273 g/mol. The molecule has 1 saturated heterocycles. The number of furan rings is 1. The van der Waals surface area contributed by atoms with Gasteiger partial charge in [0.15, 0.2) is 0 Å². The van der Waals surface area contributed by atoms with Gasteiger partial charge in [-0.2, -0.15) is 0 Å². The van der Waals surface area contributed by atoms with Crippen LogP contribution in [0.2, 0.25) is 0 Å². The summed E-state index contributed by atoms with van der Waals surface area (Å²) in [6.45, 7) is 0. The van der Waals surface area contributed by atoms with Gasteiger partial charge in [0, 0.05) is 19.5 Å². The van der Waals surface area contributed by atoms with E-state index in [9.17, 15) is 4.79 Å². The lowest BCUT2D eigenvalue weighted by Gasteiger charge is -2.35. The predicted molar refractivity (Wildman–Crippen MR) is 59.1 cm³/mol. The monoisotopic (exact) mass is 272 g/mol. The minimum absolute atomic E-state index is 0.0600. The lowest BCUT2D eigenvalue weighted by atomic mass is 9.95. The number of hydrogen-bond donors (Lipinski definition) is 1. The van der Waals surface area contributed by atoms with Crippen molar-refractivity contribution in [2.24, 2.45) is 5.73 Å². The molecule has 2 rings (SSSR count). The summed E-state index contributed by atoms with van der Waals surface area (Å²) in [4.78, 5) is 13.2. The van der Waals surface area contributed by atoms with Crippen LogP contribution >= 0.6 is 15.9 Å². The van der Waals surface area contributed by atoms with Crippen molar-refractivity contribution < 1.29 is 9.21 Å². The van der Waals surface area contributed by atoms with E-state index in [1.807, 2.05) is 6.07 Å². The quantitative estimate of drug-likeness (QED) is 0.846. The molecule has 2 atom stereocenters. The Morgan fingerprint density at radius 3 is 3.00 bits per heavy atom. The maximum Gasteiger partial charge on any atom is 0.223 e. The highest BCUT2D eigenvalue weighted by Gasteiger charge is 2.35. The highest BCUT2D eigenvalue weighted by atomic mass is 79.9. The zero-order valence-electron chi connectivity index (χ0n) is 8.44. The minimum Gasteiger partial charge on any atom is -0.466 e. The van der Waals surface area contributed by atoms with Crippen LogP contribution in [0.25, 0.3) is 0 Å². The average Bonchev–Trinajstić information content (AvgIpc) is 2.60. The van der Waals surface area contributed by atoms with E-state index in [1.165, 1.54) is 0 Å². The topological polar surface area (TPSA) is 59.5 Å². The Morgan fingerprint density at radius 1 is 1.67 bits per heavy atom. The molecule has 1 amide bonds. The molecule has 1 aromatic rings. The first-order valence-corrected chi connectivity index (χ1v) is 5.64. The number of rotatable bonds is 1. The van der Waals surface area contributed by atoms with E-state index < -0.39 is 0 Å². The molecule has 0 bridgehead atoms. The molecule has 1 aromatic heterocycles. The Bertz CT molecular complexity index is 377.